The number of aliphatic hydroxyl groups is 1. The fraction of sp³-hybridized carbons (Fsp3) is 0.394. The van der Waals surface area contributed by atoms with Crippen LogP contribution in [-0.4, -0.2) is 71.1 Å². The van der Waals surface area contributed by atoms with Crippen LogP contribution in [0.15, 0.2) is 66.2 Å². The van der Waals surface area contributed by atoms with Crippen LogP contribution in [0, 0.1) is 0 Å². The number of nitrogens with one attached hydrogen (secondary N) is 1. The van der Waals surface area contributed by atoms with Crippen LogP contribution in [0.4, 0.5) is 17.3 Å². The SMILES string of the molecule is C=CCn1c(=O)c2cnc(Nc3cc(N4CCN(C(C)CC)CC4)c4ccn(C)c4c3)nc2n1-c1cccc(C(C)(C)O)n1. The number of nitrogens with zero attached hydrogens (tertiary/aromatic N) is 8. The third-order valence-corrected chi connectivity index (χ3v) is 8.66. The van der Waals surface area contributed by atoms with Crippen LogP contribution in [0.1, 0.15) is 39.8 Å². The zero-order valence-electron chi connectivity index (χ0n) is 26.2. The number of rotatable bonds is 9. The molecule has 0 saturated carbocycles. The van der Waals surface area contributed by atoms with Gasteiger partial charge in [0, 0.05) is 68.4 Å². The number of benzene rings is 1. The topological polar surface area (TPSA) is 109 Å². The summed E-state index contributed by atoms with van der Waals surface area (Å²) < 4.78 is 5.32. The van der Waals surface area contributed by atoms with Crippen molar-refractivity contribution >= 4 is 39.3 Å². The highest BCUT2D eigenvalue weighted by molar-refractivity contribution is 5.96. The molecule has 0 spiro atoms. The Morgan fingerprint density at radius 3 is 2.59 bits per heavy atom. The number of anilines is 3. The number of hydrogen-bond donors (Lipinski definition) is 2. The highest BCUT2D eigenvalue weighted by Crippen LogP contribution is 2.33. The predicted molar refractivity (Wildman–Crippen MR) is 176 cm³/mol. The molecule has 1 atom stereocenters. The van der Waals surface area contributed by atoms with Gasteiger partial charge in [0.05, 0.1) is 17.8 Å². The van der Waals surface area contributed by atoms with Crippen LogP contribution in [0.5, 0.6) is 0 Å². The van der Waals surface area contributed by atoms with E-state index in [0.717, 1.165) is 43.8 Å². The van der Waals surface area contributed by atoms with Gasteiger partial charge in [-0.3, -0.25) is 9.69 Å². The molecule has 5 heterocycles. The standard InChI is InChI=1S/C33H41N9O2/c1-7-13-41-31(43)25-21-34-32(37-30(25)42(41)29-11-9-10-28(36-29)33(4,5)44)35-23-19-26-24(12-14-38(26)6)27(20-23)40-17-15-39(16-18-40)22(3)8-2/h7,9-12,14,19-22,44H,1,8,13,15-18H2,2-6H3,(H,34,35,37). The van der Waals surface area contributed by atoms with Gasteiger partial charge in [-0.25, -0.2) is 19.3 Å². The maximum absolute atomic E-state index is 13.4. The minimum Gasteiger partial charge on any atom is -0.384 e. The lowest BCUT2D eigenvalue weighted by Gasteiger charge is -2.39. The molecule has 5 aromatic rings. The van der Waals surface area contributed by atoms with E-state index in [4.69, 9.17) is 4.98 Å². The monoisotopic (exact) mass is 595 g/mol. The molecule has 230 valence electrons. The summed E-state index contributed by atoms with van der Waals surface area (Å²) in [4.78, 5) is 32.5. The van der Waals surface area contributed by atoms with Gasteiger partial charge in [-0.05, 0) is 57.5 Å². The molecular formula is C33H41N9O2. The Hall–Kier alpha value is -4.48. The van der Waals surface area contributed by atoms with E-state index in [2.05, 4.69) is 81.5 Å². The molecule has 1 fully saturated rings. The normalized spacial score (nSPS) is 15.3. The smallest absolute Gasteiger partial charge is 0.278 e. The van der Waals surface area contributed by atoms with Gasteiger partial charge >= 0.3 is 0 Å². The number of piperazine rings is 1. The Balaban J connectivity index is 1.40. The summed E-state index contributed by atoms with van der Waals surface area (Å²) in [5, 5.41) is 15.6. The highest BCUT2D eigenvalue weighted by atomic mass is 16.3. The van der Waals surface area contributed by atoms with Crippen molar-refractivity contribution in [3.8, 4) is 5.82 Å². The van der Waals surface area contributed by atoms with E-state index in [1.807, 2.05) is 6.07 Å². The largest absolute Gasteiger partial charge is 0.384 e. The molecule has 1 aliphatic rings. The Labute approximate surface area is 257 Å². The number of aryl methyl sites for hydroxylation is 1. The van der Waals surface area contributed by atoms with E-state index in [1.165, 1.54) is 15.8 Å². The lowest BCUT2D eigenvalue weighted by Crippen LogP contribution is -2.49. The maximum atomic E-state index is 13.4. The van der Waals surface area contributed by atoms with Crippen molar-refractivity contribution in [2.45, 2.75) is 52.3 Å². The average molecular weight is 596 g/mol. The van der Waals surface area contributed by atoms with E-state index in [9.17, 15) is 9.90 Å². The summed E-state index contributed by atoms with van der Waals surface area (Å²) in [6.07, 6.45) is 6.45. The molecule has 4 aromatic heterocycles. The molecule has 1 aromatic carbocycles. The van der Waals surface area contributed by atoms with Crippen molar-refractivity contribution < 1.29 is 5.11 Å². The molecule has 0 amide bonds. The third-order valence-electron chi connectivity index (χ3n) is 8.66. The number of hydrogen-bond acceptors (Lipinski definition) is 8. The second kappa shape index (κ2) is 11.5. The van der Waals surface area contributed by atoms with Crippen LogP contribution in [0.3, 0.4) is 0 Å². The molecule has 0 radical (unpaired) electrons. The minimum atomic E-state index is -1.15. The van der Waals surface area contributed by atoms with Crippen molar-refractivity contribution in [2.75, 3.05) is 36.4 Å². The fourth-order valence-electron chi connectivity index (χ4n) is 5.97. The molecule has 6 rings (SSSR count). The van der Waals surface area contributed by atoms with Crippen LogP contribution in [0.2, 0.25) is 0 Å². The number of pyridine rings is 1. The van der Waals surface area contributed by atoms with E-state index >= 15 is 0 Å². The van der Waals surface area contributed by atoms with Gasteiger partial charge in [0.25, 0.3) is 5.56 Å². The van der Waals surface area contributed by atoms with E-state index < -0.39 is 5.60 Å². The molecule has 2 N–H and O–H groups in total. The molecule has 1 saturated heterocycles. The van der Waals surface area contributed by atoms with E-state index in [-0.39, 0.29) is 12.1 Å². The number of fused-ring (bicyclic) bond motifs is 2. The van der Waals surface area contributed by atoms with Crippen molar-refractivity contribution in [3.63, 3.8) is 0 Å². The minimum absolute atomic E-state index is 0.244. The Bertz CT molecular complexity index is 1890. The summed E-state index contributed by atoms with van der Waals surface area (Å²) in [6.45, 7) is 16.0. The van der Waals surface area contributed by atoms with Gasteiger partial charge in [-0.15, -0.1) is 6.58 Å². The first kappa shape index (κ1) is 29.6. The molecule has 11 heteroatoms. The van der Waals surface area contributed by atoms with E-state index in [1.54, 1.807) is 42.9 Å². The Morgan fingerprint density at radius 2 is 1.89 bits per heavy atom. The van der Waals surface area contributed by atoms with Crippen LogP contribution in [-0.2, 0) is 19.2 Å². The van der Waals surface area contributed by atoms with Crippen LogP contribution >= 0.6 is 0 Å². The quantitative estimate of drug-likeness (QED) is 0.239. The van der Waals surface area contributed by atoms with Crippen LogP contribution < -0.4 is 15.8 Å². The van der Waals surface area contributed by atoms with Gasteiger partial charge < -0.3 is 19.9 Å². The number of allylic oxidation sites excluding steroid dienone is 1. The first-order valence-corrected chi connectivity index (χ1v) is 15.2. The first-order valence-electron chi connectivity index (χ1n) is 15.2. The third kappa shape index (κ3) is 5.37. The van der Waals surface area contributed by atoms with Gasteiger partial charge in [-0.1, -0.05) is 19.1 Å². The number of aromatic nitrogens is 6. The maximum Gasteiger partial charge on any atom is 0.278 e. The lowest BCUT2D eigenvalue weighted by molar-refractivity contribution is 0.0738. The summed E-state index contributed by atoms with van der Waals surface area (Å²) in [6, 6.07) is 12.4. The average Bonchev–Trinajstić information content (AvgIpc) is 3.52. The van der Waals surface area contributed by atoms with Crippen molar-refractivity contribution in [1.29, 1.82) is 0 Å². The summed E-state index contributed by atoms with van der Waals surface area (Å²) in [7, 11) is 2.05. The molecule has 11 nitrogen and oxygen atoms in total. The molecular weight excluding hydrogens is 554 g/mol. The summed E-state index contributed by atoms with van der Waals surface area (Å²) in [5.74, 6) is 0.828. The molecule has 0 bridgehead atoms. The van der Waals surface area contributed by atoms with Crippen LogP contribution in [0.25, 0.3) is 27.8 Å². The molecule has 1 unspecified atom stereocenters. The first-order chi connectivity index (χ1) is 21.1. The van der Waals surface area contributed by atoms with Gasteiger partial charge in [-0.2, -0.15) is 4.98 Å². The van der Waals surface area contributed by atoms with Gasteiger partial charge in [0.15, 0.2) is 11.5 Å². The van der Waals surface area contributed by atoms with Crippen molar-refractivity contribution in [3.05, 3.63) is 77.5 Å². The summed E-state index contributed by atoms with van der Waals surface area (Å²) in [5.41, 5.74) is 2.64. The van der Waals surface area contributed by atoms with Crippen molar-refractivity contribution in [2.24, 2.45) is 7.05 Å². The zero-order chi connectivity index (χ0) is 31.2. The van der Waals surface area contributed by atoms with Gasteiger partial charge in [0.2, 0.25) is 5.95 Å². The Kier molecular flexibility index (Phi) is 7.77. The van der Waals surface area contributed by atoms with Crippen molar-refractivity contribution in [1.82, 2.24) is 33.8 Å². The van der Waals surface area contributed by atoms with Gasteiger partial charge in [0.1, 0.15) is 11.0 Å². The summed E-state index contributed by atoms with van der Waals surface area (Å²) >= 11 is 0. The lowest BCUT2D eigenvalue weighted by atomic mass is 10.1. The fourth-order valence-corrected chi connectivity index (χ4v) is 5.97. The van der Waals surface area contributed by atoms with E-state index in [0.29, 0.717) is 34.5 Å². The molecule has 1 aliphatic heterocycles. The second-order valence-corrected chi connectivity index (χ2v) is 12.1. The Morgan fingerprint density at radius 1 is 1.11 bits per heavy atom. The predicted octanol–water partition coefficient (Wildman–Crippen LogP) is 4.55. The molecule has 44 heavy (non-hydrogen) atoms. The second-order valence-electron chi connectivity index (χ2n) is 12.1. The highest BCUT2D eigenvalue weighted by Gasteiger charge is 2.24. The molecule has 0 aliphatic carbocycles. The zero-order valence-corrected chi connectivity index (χ0v) is 26.2.